The van der Waals surface area contributed by atoms with Crippen molar-refractivity contribution in [3.05, 3.63) is 75.6 Å². The smallest absolute Gasteiger partial charge is 0.251 e. The molecule has 1 N–H and O–H groups in total. The summed E-state index contributed by atoms with van der Waals surface area (Å²) < 4.78 is 20.3. The van der Waals surface area contributed by atoms with Crippen LogP contribution in [0.15, 0.2) is 52.3 Å². The van der Waals surface area contributed by atoms with Crippen LogP contribution in [-0.2, 0) is 16.0 Å². The molecule has 1 aliphatic carbocycles. The van der Waals surface area contributed by atoms with Crippen molar-refractivity contribution in [1.29, 1.82) is 0 Å². The number of nitrogens with zero attached hydrogens (tertiary/aromatic N) is 1. The van der Waals surface area contributed by atoms with Gasteiger partial charge in [-0.15, -0.1) is 11.3 Å². The Hall–Kier alpha value is -2.93. The Balaban J connectivity index is 1.76. The zero-order valence-electron chi connectivity index (χ0n) is 18.3. The highest BCUT2D eigenvalue weighted by Gasteiger charge is 2.36. The van der Waals surface area contributed by atoms with Crippen molar-refractivity contribution in [3.8, 4) is 0 Å². The van der Waals surface area contributed by atoms with Crippen molar-refractivity contribution in [3.63, 3.8) is 0 Å². The number of furan rings is 1. The van der Waals surface area contributed by atoms with Gasteiger partial charge in [-0.1, -0.05) is 25.0 Å². The molecule has 1 saturated carbocycles. The third kappa shape index (κ3) is 4.93. The summed E-state index contributed by atoms with van der Waals surface area (Å²) in [5.74, 6) is -0.0389. The lowest BCUT2D eigenvalue weighted by Gasteiger charge is -2.31. The van der Waals surface area contributed by atoms with E-state index in [4.69, 9.17) is 4.42 Å². The van der Waals surface area contributed by atoms with E-state index in [0.29, 0.717) is 22.8 Å². The summed E-state index contributed by atoms with van der Waals surface area (Å²) in [7, 11) is 0. The number of rotatable bonds is 7. The fourth-order valence-corrected chi connectivity index (χ4v) is 4.84. The molecule has 5 nitrogen and oxygen atoms in total. The molecule has 1 atom stereocenters. The van der Waals surface area contributed by atoms with E-state index in [9.17, 15) is 14.0 Å². The number of aryl methyl sites for hydroxylation is 2. The molecule has 1 aliphatic rings. The standard InChI is InChI=1S/C25H27FN2O3S/c1-16-9-11-19(14-21(16)26)28(23(29)15-20-8-5-13-32-20)24(22-12-10-17(2)31-22)25(30)27-18-6-3-4-7-18/h5,8-14,18,24H,3-4,6-7,15H2,1-2H3,(H,27,30). The van der Waals surface area contributed by atoms with E-state index in [0.717, 1.165) is 30.6 Å². The third-order valence-electron chi connectivity index (χ3n) is 5.85. The van der Waals surface area contributed by atoms with Gasteiger partial charge < -0.3 is 9.73 Å². The minimum Gasteiger partial charge on any atom is -0.464 e. The zero-order valence-corrected chi connectivity index (χ0v) is 19.1. The Bertz CT molecular complexity index is 1090. The summed E-state index contributed by atoms with van der Waals surface area (Å²) in [5, 5.41) is 4.99. The summed E-state index contributed by atoms with van der Waals surface area (Å²) in [4.78, 5) is 29.3. The fourth-order valence-electron chi connectivity index (χ4n) is 4.14. The van der Waals surface area contributed by atoms with E-state index in [1.807, 2.05) is 17.5 Å². The largest absolute Gasteiger partial charge is 0.464 e. The maximum Gasteiger partial charge on any atom is 0.251 e. The maximum absolute atomic E-state index is 14.5. The highest BCUT2D eigenvalue weighted by Crippen LogP contribution is 2.32. The molecule has 4 rings (SSSR count). The molecule has 32 heavy (non-hydrogen) atoms. The van der Waals surface area contributed by atoms with Crippen molar-refractivity contribution in [1.82, 2.24) is 5.32 Å². The van der Waals surface area contributed by atoms with Gasteiger partial charge in [0.2, 0.25) is 5.91 Å². The van der Waals surface area contributed by atoms with Crippen molar-refractivity contribution >= 4 is 28.8 Å². The summed E-state index contributed by atoms with van der Waals surface area (Å²) in [5.41, 5.74) is 0.801. The molecule has 0 aliphatic heterocycles. The number of hydrogen-bond acceptors (Lipinski definition) is 4. The predicted molar refractivity (Wildman–Crippen MR) is 123 cm³/mol. The van der Waals surface area contributed by atoms with Gasteiger partial charge in [-0.25, -0.2) is 4.39 Å². The molecule has 0 radical (unpaired) electrons. The van der Waals surface area contributed by atoms with Crippen LogP contribution in [-0.4, -0.2) is 17.9 Å². The van der Waals surface area contributed by atoms with E-state index in [-0.39, 0.29) is 24.3 Å². The van der Waals surface area contributed by atoms with Gasteiger partial charge in [-0.3, -0.25) is 14.5 Å². The average Bonchev–Trinajstić information content (AvgIpc) is 3.52. The molecule has 1 aromatic carbocycles. The SMILES string of the molecule is Cc1ccc(C(C(=O)NC2CCCC2)N(C(=O)Cc2cccs2)c2ccc(C)c(F)c2)o1. The average molecular weight is 455 g/mol. The number of halogens is 1. The van der Waals surface area contributed by atoms with E-state index >= 15 is 0 Å². The first kappa shape index (κ1) is 22.3. The summed E-state index contributed by atoms with van der Waals surface area (Å²) in [6.45, 7) is 3.45. The van der Waals surface area contributed by atoms with Gasteiger partial charge in [-0.05, 0) is 68.0 Å². The van der Waals surface area contributed by atoms with Crippen LogP contribution < -0.4 is 10.2 Å². The molecule has 2 aromatic heterocycles. The Morgan fingerprint density at radius 2 is 1.97 bits per heavy atom. The Labute approximate surface area is 191 Å². The lowest BCUT2D eigenvalue weighted by molar-refractivity contribution is -0.127. The zero-order chi connectivity index (χ0) is 22.7. The number of benzene rings is 1. The topological polar surface area (TPSA) is 62.6 Å². The molecular weight excluding hydrogens is 427 g/mol. The number of amides is 2. The van der Waals surface area contributed by atoms with E-state index in [1.165, 1.54) is 22.3 Å². The second-order valence-electron chi connectivity index (χ2n) is 8.29. The summed E-state index contributed by atoms with van der Waals surface area (Å²) >= 11 is 1.47. The van der Waals surface area contributed by atoms with Crippen LogP contribution in [0.5, 0.6) is 0 Å². The van der Waals surface area contributed by atoms with E-state index in [1.54, 1.807) is 38.1 Å². The molecule has 0 spiro atoms. The number of nitrogens with one attached hydrogen (secondary N) is 1. The normalized spacial score (nSPS) is 15.0. The van der Waals surface area contributed by atoms with Crippen LogP contribution in [0.1, 0.15) is 53.7 Å². The van der Waals surface area contributed by atoms with Crippen molar-refractivity contribution < 1.29 is 18.4 Å². The van der Waals surface area contributed by atoms with Crippen molar-refractivity contribution in [2.45, 2.75) is 58.0 Å². The molecule has 168 valence electrons. The van der Waals surface area contributed by atoms with E-state index < -0.39 is 11.9 Å². The van der Waals surface area contributed by atoms with E-state index in [2.05, 4.69) is 5.32 Å². The van der Waals surface area contributed by atoms with Crippen LogP contribution in [0, 0.1) is 19.7 Å². The first-order valence-electron chi connectivity index (χ1n) is 10.9. The highest BCUT2D eigenvalue weighted by atomic mass is 32.1. The fraction of sp³-hybridized carbons (Fsp3) is 0.360. The lowest BCUT2D eigenvalue weighted by atomic mass is 10.1. The Morgan fingerprint density at radius 1 is 1.19 bits per heavy atom. The number of thiophene rings is 1. The quantitative estimate of drug-likeness (QED) is 0.515. The van der Waals surface area contributed by atoms with Crippen molar-refractivity contribution in [2.24, 2.45) is 0 Å². The number of anilines is 1. The monoisotopic (exact) mass is 454 g/mol. The van der Waals surface area contributed by atoms with Crippen LogP contribution >= 0.6 is 11.3 Å². The molecule has 1 fully saturated rings. The minimum absolute atomic E-state index is 0.0741. The second kappa shape index (κ2) is 9.69. The van der Waals surface area contributed by atoms with Crippen molar-refractivity contribution in [2.75, 3.05) is 4.90 Å². The molecule has 0 saturated heterocycles. The molecule has 2 amide bonds. The number of hydrogen-bond donors (Lipinski definition) is 1. The maximum atomic E-state index is 14.5. The molecule has 7 heteroatoms. The summed E-state index contributed by atoms with van der Waals surface area (Å²) in [6.07, 6.45) is 4.08. The molecule has 0 bridgehead atoms. The lowest BCUT2D eigenvalue weighted by Crippen LogP contribution is -2.46. The van der Waals surface area contributed by atoms with Gasteiger partial charge in [0.25, 0.3) is 5.91 Å². The number of carbonyl (C=O) groups is 2. The van der Waals surface area contributed by atoms with Gasteiger partial charge in [0.1, 0.15) is 17.3 Å². The molecular formula is C25H27FN2O3S. The molecule has 3 aromatic rings. The molecule has 1 unspecified atom stereocenters. The summed E-state index contributed by atoms with van der Waals surface area (Å²) in [6, 6.07) is 10.9. The highest BCUT2D eigenvalue weighted by molar-refractivity contribution is 7.10. The van der Waals surface area contributed by atoms with Gasteiger partial charge in [-0.2, -0.15) is 0 Å². The minimum atomic E-state index is -1.03. The van der Waals surface area contributed by atoms with Crippen LogP contribution in [0.25, 0.3) is 0 Å². The van der Waals surface area contributed by atoms with Crippen LogP contribution in [0.2, 0.25) is 0 Å². The Morgan fingerprint density at radius 3 is 2.59 bits per heavy atom. The van der Waals surface area contributed by atoms with Gasteiger partial charge in [0.05, 0.1) is 6.42 Å². The van der Waals surface area contributed by atoms with Crippen LogP contribution in [0.4, 0.5) is 10.1 Å². The third-order valence-corrected chi connectivity index (χ3v) is 6.72. The van der Waals surface area contributed by atoms with Gasteiger partial charge >= 0.3 is 0 Å². The second-order valence-corrected chi connectivity index (χ2v) is 9.33. The molecule has 2 heterocycles. The first-order valence-corrected chi connectivity index (χ1v) is 11.8. The van der Waals surface area contributed by atoms with Gasteiger partial charge in [0.15, 0.2) is 6.04 Å². The first-order chi connectivity index (χ1) is 15.4. The van der Waals surface area contributed by atoms with Gasteiger partial charge in [0, 0.05) is 16.6 Å². The Kier molecular flexibility index (Phi) is 6.74. The predicted octanol–water partition coefficient (Wildman–Crippen LogP) is 5.47. The van der Waals surface area contributed by atoms with Crippen LogP contribution in [0.3, 0.4) is 0 Å². The number of carbonyl (C=O) groups excluding carboxylic acids is 2.